The zero-order chi connectivity index (χ0) is 24.0. The summed E-state index contributed by atoms with van der Waals surface area (Å²) in [5, 5.41) is 32.9. The fourth-order valence-corrected chi connectivity index (χ4v) is 2.42. The van der Waals surface area contributed by atoms with E-state index in [0.29, 0.717) is 19.4 Å². The van der Waals surface area contributed by atoms with Crippen LogP contribution in [0.2, 0.25) is 0 Å². The fourth-order valence-electron chi connectivity index (χ4n) is 2.42. The van der Waals surface area contributed by atoms with Gasteiger partial charge in [-0.3, -0.25) is 28.8 Å². The minimum Gasteiger partial charge on any atom is -0.481 e. The van der Waals surface area contributed by atoms with Crippen LogP contribution in [0.3, 0.4) is 0 Å². The minimum atomic E-state index is -1.48. The molecule has 14 heteroatoms. The molecular formula is C17H29N5O9. The molecule has 0 aromatic heterocycles. The Labute approximate surface area is 177 Å². The lowest BCUT2D eigenvalue weighted by Crippen LogP contribution is -2.56. The van der Waals surface area contributed by atoms with Gasteiger partial charge in [0.1, 0.15) is 18.6 Å². The first-order valence-electron chi connectivity index (χ1n) is 9.47. The molecule has 0 saturated carbocycles. The normalized spacial score (nSPS) is 13.4. The molecule has 0 aliphatic carbocycles. The van der Waals surface area contributed by atoms with Gasteiger partial charge in [-0.2, -0.15) is 0 Å². The lowest BCUT2D eigenvalue weighted by atomic mass is 10.1. The van der Waals surface area contributed by atoms with Gasteiger partial charge in [-0.15, -0.1) is 0 Å². The second kappa shape index (κ2) is 14.7. The Morgan fingerprint density at radius 1 is 0.742 bits per heavy atom. The Morgan fingerprint density at radius 2 is 1.32 bits per heavy atom. The number of hydrogen-bond acceptors (Lipinski definition) is 8. The lowest BCUT2D eigenvalue weighted by molar-refractivity contribution is -0.140. The molecule has 31 heavy (non-hydrogen) atoms. The number of unbranched alkanes of at least 4 members (excludes halogenated alkanes) is 1. The molecule has 0 aliphatic heterocycles. The maximum Gasteiger partial charge on any atom is 0.322 e. The van der Waals surface area contributed by atoms with E-state index in [9.17, 15) is 28.8 Å². The Bertz CT molecular complexity index is 670. The van der Waals surface area contributed by atoms with Crippen molar-refractivity contribution in [3.8, 4) is 0 Å². The molecule has 0 saturated heterocycles. The van der Waals surface area contributed by atoms with E-state index in [4.69, 9.17) is 26.8 Å². The highest BCUT2D eigenvalue weighted by Crippen LogP contribution is 2.05. The van der Waals surface area contributed by atoms with Crippen LogP contribution in [-0.4, -0.2) is 82.2 Å². The van der Waals surface area contributed by atoms with Crippen molar-refractivity contribution in [1.82, 2.24) is 16.0 Å². The first kappa shape index (κ1) is 27.7. The second-order valence-electron chi connectivity index (χ2n) is 6.66. The molecule has 0 aromatic rings. The van der Waals surface area contributed by atoms with Crippen LogP contribution >= 0.6 is 0 Å². The number of hydrogen-bond donors (Lipinski definition) is 8. The number of aliphatic carboxylic acids is 3. The summed E-state index contributed by atoms with van der Waals surface area (Å²) in [7, 11) is 0. The molecule has 3 atom stereocenters. The van der Waals surface area contributed by atoms with E-state index in [1.54, 1.807) is 0 Å². The summed E-state index contributed by atoms with van der Waals surface area (Å²) in [5.41, 5.74) is 10.9. The first-order chi connectivity index (χ1) is 14.5. The molecule has 14 nitrogen and oxygen atoms in total. The summed E-state index contributed by atoms with van der Waals surface area (Å²) < 4.78 is 0. The van der Waals surface area contributed by atoms with Crippen molar-refractivity contribution in [1.29, 1.82) is 0 Å². The van der Waals surface area contributed by atoms with Crippen molar-refractivity contribution in [2.24, 2.45) is 11.5 Å². The quantitative estimate of drug-likeness (QED) is 0.110. The predicted octanol–water partition coefficient (Wildman–Crippen LogP) is -3.05. The van der Waals surface area contributed by atoms with Gasteiger partial charge in [-0.25, -0.2) is 0 Å². The van der Waals surface area contributed by atoms with Gasteiger partial charge in [0, 0.05) is 6.42 Å². The van der Waals surface area contributed by atoms with Gasteiger partial charge in [-0.1, -0.05) is 0 Å². The van der Waals surface area contributed by atoms with E-state index in [1.807, 2.05) is 0 Å². The minimum absolute atomic E-state index is 0.118. The molecule has 0 aliphatic rings. The SMILES string of the molecule is NCCCCC(NC(=O)C(CCC(=O)O)NC(=O)C(N)CC(=O)O)C(=O)NCC(=O)O. The number of carboxylic acid groups (broad SMARTS) is 3. The summed E-state index contributed by atoms with van der Waals surface area (Å²) in [4.78, 5) is 69.1. The number of nitrogens with one attached hydrogen (secondary N) is 3. The van der Waals surface area contributed by atoms with Gasteiger partial charge < -0.3 is 42.7 Å². The Morgan fingerprint density at radius 3 is 1.84 bits per heavy atom. The average molecular weight is 447 g/mol. The number of nitrogens with two attached hydrogens (primary N) is 2. The highest BCUT2D eigenvalue weighted by atomic mass is 16.4. The Hall–Kier alpha value is -3.26. The van der Waals surface area contributed by atoms with Gasteiger partial charge in [0.15, 0.2) is 0 Å². The van der Waals surface area contributed by atoms with Gasteiger partial charge in [0.05, 0.1) is 12.5 Å². The topological polar surface area (TPSA) is 251 Å². The Balaban J connectivity index is 5.30. The zero-order valence-electron chi connectivity index (χ0n) is 16.8. The van der Waals surface area contributed by atoms with Crippen LogP contribution < -0.4 is 27.4 Å². The summed E-state index contributed by atoms with van der Waals surface area (Å²) in [5.74, 6) is -6.55. The van der Waals surface area contributed by atoms with Crippen LogP contribution in [0.1, 0.15) is 38.5 Å². The molecule has 10 N–H and O–H groups in total. The number of carboxylic acids is 3. The van der Waals surface area contributed by atoms with Crippen LogP contribution in [0.4, 0.5) is 0 Å². The zero-order valence-corrected chi connectivity index (χ0v) is 16.8. The lowest BCUT2D eigenvalue weighted by Gasteiger charge is -2.23. The smallest absolute Gasteiger partial charge is 0.322 e. The van der Waals surface area contributed by atoms with Gasteiger partial charge in [0.25, 0.3) is 0 Å². The fraction of sp³-hybridized carbons (Fsp3) is 0.647. The largest absolute Gasteiger partial charge is 0.481 e. The van der Waals surface area contributed by atoms with Crippen molar-refractivity contribution in [3.05, 3.63) is 0 Å². The predicted molar refractivity (Wildman–Crippen MR) is 105 cm³/mol. The monoisotopic (exact) mass is 447 g/mol. The van der Waals surface area contributed by atoms with Gasteiger partial charge in [-0.05, 0) is 32.2 Å². The van der Waals surface area contributed by atoms with E-state index >= 15 is 0 Å². The van der Waals surface area contributed by atoms with Crippen molar-refractivity contribution in [3.63, 3.8) is 0 Å². The van der Waals surface area contributed by atoms with Crippen molar-refractivity contribution in [2.45, 2.75) is 56.7 Å². The third-order valence-corrected chi connectivity index (χ3v) is 4.00. The molecule has 3 unspecified atom stereocenters. The van der Waals surface area contributed by atoms with Crippen LogP contribution in [-0.2, 0) is 28.8 Å². The first-order valence-corrected chi connectivity index (χ1v) is 9.47. The molecule has 0 radical (unpaired) electrons. The number of rotatable bonds is 16. The van der Waals surface area contributed by atoms with E-state index in [0.717, 1.165) is 0 Å². The standard InChI is InChI=1S/C17H29N5O9/c18-6-2-1-3-10(16(30)20-8-14(27)28)22-17(31)11(4-5-12(23)24)21-15(29)9(19)7-13(25)26/h9-11H,1-8,18-19H2,(H,20,30)(H,21,29)(H,22,31)(H,23,24)(H,25,26)(H,27,28). The van der Waals surface area contributed by atoms with E-state index in [1.165, 1.54) is 0 Å². The van der Waals surface area contributed by atoms with Crippen LogP contribution in [0.5, 0.6) is 0 Å². The van der Waals surface area contributed by atoms with E-state index in [2.05, 4.69) is 16.0 Å². The number of carbonyl (C=O) groups excluding carboxylic acids is 3. The molecule has 176 valence electrons. The van der Waals surface area contributed by atoms with Crippen molar-refractivity contribution < 1.29 is 44.1 Å². The molecular weight excluding hydrogens is 418 g/mol. The van der Waals surface area contributed by atoms with Crippen molar-refractivity contribution >= 4 is 35.6 Å². The molecule has 0 spiro atoms. The summed E-state index contributed by atoms with van der Waals surface area (Å²) in [6.45, 7) is -0.346. The summed E-state index contributed by atoms with van der Waals surface area (Å²) in [6, 6.07) is -4.04. The van der Waals surface area contributed by atoms with Crippen LogP contribution in [0.25, 0.3) is 0 Å². The summed E-state index contributed by atoms with van der Waals surface area (Å²) in [6.07, 6.45) is -0.487. The summed E-state index contributed by atoms with van der Waals surface area (Å²) >= 11 is 0. The number of carbonyl (C=O) groups is 6. The van der Waals surface area contributed by atoms with E-state index in [-0.39, 0.29) is 12.8 Å². The third kappa shape index (κ3) is 12.8. The highest BCUT2D eigenvalue weighted by Gasteiger charge is 2.29. The number of amides is 3. The molecule has 3 amide bonds. The molecule has 0 fully saturated rings. The highest BCUT2D eigenvalue weighted by molar-refractivity contribution is 5.94. The molecule has 0 rings (SSSR count). The third-order valence-electron chi connectivity index (χ3n) is 4.00. The molecule has 0 bridgehead atoms. The molecule has 0 heterocycles. The van der Waals surface area contributed by atoms with E-state index < -0.39 is 73.1 Å². The average Bonchev–Trinajstić information content (AvgIpc) is 2.67. The maximum atomic E-state index is 12.6. The maximum absolute atomic E-state index is 12.6. The van der Waals surface area contributed by atoms with Crippen LogP contribution in [0.15, 0.2) is 0 Å². The van der Waals surface area contributed by atoms with Gasteiger partial charge >= 0.3 is 17.9 Å². The second-order valence-corrected chi connectivity index (χ2v) is 6.66. The van der Waals surface area contributed by atoms with Gasteiger partial charge in [0.2, 0.25) is 17.7 Å². The molecule has 0 aromatic carbocycles. The van der Waals surface area contributed by atoms with Crippen molar-refractivity contribution in [2.75, 3.05) is 13.1 Å². The van der Waals surface area contributed by atoms with Crippen LogP contribution in [0, 0.1) is 0 Å². The Kier molecular flexibility index (Phi) is 13.1.